The molecule has 0 saturated carbocycles. The van der Waals surface area contributed by atoms with Crippen LogP contribution in [0.3, 0.4) is 0 Å². The number of benzene rings is 2. The van der Waals surface area contributed by atoms with Crippen LogP contribution in [0.2, 0.25) is 0 Å². The van der Waals surface area contributed by atoms with Gasteiger partial charge in [-0.15, -0.1) is 0 Å². The number of carbonyl (C=O) groups is 1. The molecule has 0 atom stereocenters. The molecule has 0 aliphatic carbocycles. The van der Waals surface area contributed by atoms with Crippen molar-refractivity contribution in [2.45, 2.75) is 13.5 Å². The number of pyridine rings is 1. The van der Waals surface area contributed by atoms with Crippen LogP contribution in [0.4, 0.5) is 0 Å². The molecule has 3 rings (SSSR count). The molecule has 1 aromatic heterocycles. The van der Waals surface area contributed by atoms with Gasteiger partial charge in [-0.2, -0.15) is 0 Å². The number of rotatable bonds is 3. The molecule has 3 aromatic rings. The maximum atomic E-state index is 12.3. The lowest BCUT2D eigenvalue weighted by Gasteiger charge is -2.12. The van der Waals surface area contributed by atoms with E-state index < -0.39 is 5.97 Å². The fourth-order valence-corrected chi connectivity index (χ4v) is 2.67. The van der Waals surface area contributed by atoms with Crippen molar-refractivity contribution in [1.29, 1.82) is 0 Å². The van der Waals surface area contributed by atoms with Crippen LogP contribution in [-0.2, 0) is 6.54 Å². The molecule has 0 aliphatic heterocycles. The second-order valence-electron chi connectivity index (χ2n) is 5.29. The van der Waals surface area contributed by atoms with Gasteiger partial charge in [0.25, 0.3) is 5.56 Å². The number of fused-ring (bicyclic) bond motifs is 1. The van der Waals surface area contributed by atoms with Crippen LogP contribution < -0.4 is 5.56 Å². The third-order valence-electron chi connectivity index (χ3n) is 3.67. The molecule has 1 N–H and O–H groups in total. The summed E-state index contributed by atoms with van der Waals surface area (Å²) in [6.45, 7) is 2.42. The molecule has 0 radical (unpaired) electrons. The summed E-state index contributed by atoms with van der Waals surface area (Å²) >= 11 is 0. The number of aryl methyl sites for hydroxylation is 1. The standard InChI is InChI=1S/C18H15NO3/c1-12-5-4-6-13(9-12)11-19-16-8-3-2-7-14(16)15(18(21)22)10-17(19)20/h2-10H,11H2,1H3,(H,21,22). The Kier molecular flexibility index (Phi) is 3.51. The highest BCUT2D eigenvalue weighted by atomic mass is 16.4. The van der Waals surface area contributed by atoms with E-state index in [1.54, 1.807) is 28.8 Å². The summed E-state index contributed by atoms with van der Waals surface area (Å²) in [7, 11) is 0. The van der Waals surface area contributed by atoms with Gasteiger partial charge in [-0.25, -0.2) is 4.79 Å². The Morgan fingerprint density at radius 1 is 1.09 bits per heavy atom. The highest BCUT2D eigenvalue weighted by Crippen LogP contribution is 2.18. The molecular weight excluding hydrogens is 278 g/mol. The minimum absolute atomic E-state index is 0.0427. The van der Waals surface area contributed by atoms with Crippen LogP contribution in [0.5, 0.6) is 0 Å². The lowest BCUT2D eigenvalue weighted by atomic mass is 10.1. The zero-order chi connectivity index (χ0) is 15.7. The van der Waals surface area contributed by atoms with Crippen molar-refractivity contribution in [3.8, 4) is 0 Å². The van der Waals surface area contributed by atoms with Crippen LogP contribution in [0.1, 0.15) is 21.5 Å². The van der Waals surface area contributed by atoms with E-state index in [2.05, 4.69) is 0 Å². The summed E-state index contributed by atoms with van der Waals surface area (Å²) < 4.78 is 1.61. The quantitative estimate of drug-likeness (QED) is 0.807. The van der Waals surface area contributed by atoms with E-state index in [0.29, 0.717) is 17.4 Å². The molecule has 0 bridgehead atoms. The number of hydrogen-bond acceptors (Lipinski definition) is 2. The third-order valence-corrected chi connectivity index (χ3v) is 3.67. The number of aromatic nitrogens is 1. The van der Waals surface area contributed by atoms with Crippen molar-refractivity contribution < 1.29 is 9.90 Å². The lowest BCUT2D eigenvalue weighted by molar-refractivity contribution is 0.0698. The number of para-hydroxylation sites is 1. The maximum absolute atomic E-state index is 12.3. The Balaban J connectivity index is 2.22. The first-order valence-corrected chi connectivity index (χ1v) is 6.97. The van der Waals surface area contributed by atoms with Gasteiger partial charge >= 0.3 is 5.97 Å². The van der Waals surface area contributed by atoms with Gasteiger partial charge in [0.05, 0.1) is 17.6 Å². The fourth-order valence-electron chi connectivity index (χ4n) is 2.67. The molecule has 4 heteroatoms. The van der Waals surface area contributed by atoms with Gasteiger partial charge in [-0.1, -0.05) is 48.0 Å². The fraction of sp³-hybridized carbons (Fsp3) is 0.111. The van der Waals surface area contributed by atoms with Crippen LogP contribution >= 0.6 is 0 Å². The van der Waals surface area contributed by atoms with Gasteiger partial charge in [-0.05, 0) is 18.6 Å². The highest BCUT2D eigenvalue weighted by molar-refractivity contribution is 6.02. The second kappa shape index (κ2) is 5.48. The molecule has 1 heterocycles. The first-order chi connectivity index (χ1) is 10.6. The van der Waals surface area contributed by atoms with Gasteiger partial charge < -0.3 is 9.67 Å². The molecule has 22 heavy (non-hydrogen) atoms. The van der Waals surface area contributed by atoms with Crippen molar-refractivity contribution in [3.63, 3.8) is 0 Å². The number of nitrogens with zero attached hydrogens (tertiary/aromatic N) is 1. The SMILES string of the molecule is Cc1cccc(Cn2c(=O)cc(C(=O)O)c3ccccc32)c1. The van der Waals surface area contributed by atoms with Gasteiger partial charge in [0, 0.05) is 11.5 Å². The average molecular weight is 293 g/mol. The monoisotopic (exact) mass is 293 g/mol. The lowest BCUT2D eigenvalue weighted by Crippen LogP contribution is -2.22. The molecule has 4 nitrogen and oxygen atoms in total. The van der Waals surface area contributed by atoms with E-state index in [4.69, 9.17) is 0 Å². The van der Waals surface area contributed by atoms with Crippen LogP contribution in [0.25, 0.3) is 10.9 Å². The predicted octanol–water partition coefficient (Wildman–Crippen LogP) is 3.06. The number of aromatic carboxylic acids is 1. The molecule has 2 aromatic carbocycles. The largest absolute Gasteiger partial charge is 0.478 e. The van der Waals surface area contributed by atoms with Crippen LogP contribution in [0, 0.1) is 6.92 Å². The zero-order valence-corrected chi connectivity index (χ0v) is 12.1. The first-order valence-electron chi connectivity index (χ1n) is 6.97. The Hall–Kier alpha value is -2.88. The van der Waals surface area contributed by atoms with Gasteiger partial charge in [0.15, 0.2) is 0 Å². The van der Waals surface area contributed by atoms with Crippen molar-refractivity contribution >= 4 is 16.9 Å². The summed E-state index contributed by atoms with van der Waals surface area (Å²) in [5.74, 6) is -1.09. The second-order valence-corrected chi connectivity index (χ2v) is 5.29. The predicted molar refractivity (Wildman–Crippen MR) is 85.4 cm³/mol. The average Bonchev–Trinajstić information content (AvgIpc) is 2.49. The highest BCUT2D eigenvalue weighted by Gasteiger charge is 2.13. The van der Waals surface area contributed by atoms with Crippen LogP contribution in [-0.4, -0.2) is 15.6 Å². The van der Waals surface area contributed by atoms with Crippen molar-refractivity contribution in [3.05, 3.63) is 81.6 Å². The summed E-state index contributed by atoms with van der Waals surface area (Å²) in [6, 6.07) is 16.2. The van der Waals surface area contributed by atoms with E-state index in [-0.39, 0.29) is 11.1 Å². The summed E-state index contributed by atoms with van der Waals surface area (Å²) in [6.07, 6.45) is 0. The molecule has 0 unspecified atom stereocenters. The summed E-state index contributed by atoms with van der Waals surface area (Å²) in [5, 5.41) is 9.85. The smallest absolute Gasteiger partial charge is 0.336 e. The minimum atomic E-state index is -1.09. The molecule has 0 spiro atoms. The van der Waals surface area contributed by atoms with Crippen molar-refractivity contribution in [1.82, 2.24) is 4.57 Å². The molecule has 0 aliphatic rings. The van der Waals surface area contributed by atoms with E-state index in [1.807, 2.05) is 31.2 Å². The molecule has 0 saturated heterocycles. The zero-order valence-electron chi connectivity index (χ0n) is 12.1. The summed E-state index contributed by atoms with van der Waals surface area (Å²) in [4.78, 5) is 23.7. The normalized spacial score (nSPS) is 10.8. The third kappa shape index (κ3) is 2.51. The Bertz CT molecular complexity index is 925. The Labute approximate surface area is 127 Å². The van der Waals surface area contributed by atoms with Gasteiger partial charge in [0.2, 0.25) is 0 Å². The van der Waals surface area contributed by atoms with E-state index in [1.165, 1.54) is 6.07 Å². The molecule has 0 amide bonds. The summed E-state index contributed by atoms with van der Waals surface area (Å²) in [5.41, 5.74) is 2.50. The van der Waals surface area contributed by atoms with E-state index in [0.717, 1.165) is 11.1 Å². The molecule has 0 fully saturated rings. The number of carboxylic acid groups (broad SMARTS) is 1. The molecular formula is C18H15NO3. The van der Waals surface area contributed by atoms with Gasteiger partial charge in [-0.3, -0.25) is 4.79 Å². The van der Waals surface area contributed by atoms with Gasteiger partial charge in [0.1, 0.15) is 0 Å². The van der Waals surface area contributed by atoms with Crippen molar-refractivity contribution in [2.75, 3.05) is 0 Å². The molecule has 110 valence electrons. The topological polar surface area (TPSA) is 59.3 Å². The minimum Gasteiger partial charge on any atom is -0.478 e. The Morgan fingerprint density at radius 3 is 2.59 bits per heavy atom. The van der Waals surface area contributed by atoms with Crippen LogP contribution in [0.15, 0.2) is 59.4 Å². The maximum Gasteiger partial charge on any atom is 0.336 e. The first kappa shape index (κ1) is 14.1. The van der Waals surface area contributed by atoms with E-state index >= 15 is 0 Å². The Morgan fingerprint density at radius 2 is 1.86 bits per heavy atom. The number of carboxylic acids is 1. The van der Waals surface area contributed by atoms with Crippen molar-refractivity contribution in [2.24, 2.45) is 0 Å². The number of hydrogen-bond donors (Lipinski definition) is 1. The van der Waals surface area contributed by atoms with E-state index in [9.17, 15) is 14.7 Å².